The summed E-state index contributed by atoms with van der Waals surface area (Å²) in [6.07, 6.45) is 6.31. The summed E-state index contributed by atoms with van der Waals surface area (Å²) in [7, 11) is 0. The van der Waals surface area contributed by atoms with E-state index < -0.39 is 0 Å². The Morgan fingerprint density at radius 1 is 1.53 bits per heavy atom. The second-order valence-electron chi connectivity index (χ2n) is 5.03. The highest BCUT2D eigenvalue weighted by Gasteiger charge is 2.29. The fourth-order valence-electron chi connectivity index (χ4n) is 2.89. The number of thiophene rings is 1. The van der Waals surface area contributed by atoms with Crippen molar-refractivity contribution in [3.8, 4) is 0 Å². The van der Waals surface area contributed by atoms with Crippen molar-refractivity contribution in [1.29, 1.82) is 0 Å². The van der Waals surface area contributed by atoms with Gasteiger partial charge in [-0.25, -0.2) is 0 Å². The number of halogens is 1. The molecule has 3 atom stereocenters. The second kappa shape index (κ2) is 6.19. The first-order valence-electron chi connectivity index (χ1n) is 6.43. The maximum absolute atomic E-state index is 5.96. The first-order chi connectivity index (χ1) is 8.22. The summed E-state index contributed by atoms with van der Waals surface area (Å²) < 4.78 is 0.869. The molecule has 0 bridgehead atoms. The van der Waals surface area contributed by atoms with Gasteiger partial charge in [-0.15, -0.1) is 11.3 Å². The number of hydrogen-bond donors (Lipinski definition) is 2. The molecular weight excluding hydrogens is 252 g/mol. The minimum atomic E-state index is 0.404. The highest BCUT2D eigenvalue weighted by Crippen LogP contribution is 2.36. The van der Waals surface area contributed by atoms with E-state index in [1.54, 1.807) is 11.3 Å². The monoisotopic (exact) mass is 272 g/mol. The molecule has 0 saturated heterocycles. The molecule has 2 nitrogen and oxygen atoms in total. The molecule has 0 amide bonds. The quantitative estimate of drug-likeness (QED) is 0.635. The lowest BCUT2D eigenvalue weighted by Gasteiger charge is -2.22. The summed E-state index contributed by atoms with van der Waals surface area (Å²) in [6.45, 7) is 2.29. The Labute approximate surface area is 113 Å². The van der Waals surface area contributed by atoms with Crippen LogP contribution in [0.15, 0.2) is 12.1 Å². The summed E-state index contributed by atoms with van der Waals surface area (Å²) in [5.41, 5.74) is 3.01. The molecule has 1 aromatic rings. The van der Waals surface area contributed by atoms with Crippen LogP contribution < -0.4 is 11.3 Å². The van der Waals surface area contributed by atoms with Crippen molar-refractivity contribution in [2.75, 3.05) is 0 Å². The summed E-state index contributed by atoms with van der Waals surface area (Å²) in [5.74, 6) is 7.35. The molecule has 0 radical (unpaired) electrons. The fourth-order valence-corrected chi connectivity index (χ4v) is 4.04. The van der Waals surface area contributed by atoms with Gasteiger partial charge in [0.15, 0.2) is 0 Å². The summed E-state index contributed by atoms with van der Waals surface area (Å²) in [4.78, 5) is 1.33. The van der Waals surface area contributed by atoms with Crippen molar-refractivity contribution in [3.05, 3.63) is 21.3 Å². The molecule has 2 rings (SSSR count). The SMILES string of the molecule is CCC1CCC(C(Cc2ccc(Cl)s2)NN)C1. The Morgan fingerprint density at radius 2 is 2.35 bits per heavy atom. The number of nitrogens with two attached hydrogens (primary N) is 1. The summed E-state index contributed by atoms with van der Waals surface area (Å²) in [5, 5.41) is 0. The first-order valence-corrected chi connectivity index (χ1v) is 7.62. The van der Waals surface area contributed by atoms with Crippen LogP contribution in [0.4, 0.5) is 0 Å². The van der Waals surface area contributed by atoms with Gasteiger partial charge >= 0.3 is 0 Å². The highest BCUT2D eigenvalue weighted by molar-refractivity contribution is 7.16. The molecule has 1 aliphatic rings. The van der Waals surface area contributed by atoms with Crippen LogP contribution in [0.3, 0.4) is 0 Å². The normalized spacial score (nSPS) is 26.3. The van der Waals surface area contributed by atoms with Crippen molar-refractivity contribution in [3.63, 3.8) is 0 Å². The van der Waals surface area contributed by atoms with E-state index in [4.69, 9.17) is 17.4 Å². The van der Waals surface area contributed by atoms with Gasteiger partial charge in [0.25, 0.3) is 0 Å². The average molecular weight is 273 g/mol. The molecule has 1 fully saturated rings. The van der Waals surface area contributed by atoms with Crippen molar-refractivity contribution in [1.82, 2.24) is 5.43 Å². The van der Waals surface area contributed by atoms with E-state index >= 15 is 0 Å². The standard InChI is InChI=1S/C13H21ClN2S/c1-2-9-3-4-10(7-9)12(16-15)8-11-5-6-13(14)17-11/h5-6,9-10,12,16H,2-4,7-8,15H2,1H3. The maximum Gasteiger partial charge on any atom is 0.0931 e. The number of hydrogen-bond acceptors (Lipinski definition) is 3. The van der Waals surface area contributed by atoms with E-state index in [0.29, 0.717) is 6.04 Å². The van der Waals surface area contributed by atoms with E-state index in [0.717, 1.165) is 22.6 Å². The van der Waals surface area contributed by atoms with Gasteiger partial charge in [0, 0.05) is 10.9 Å². The molecule has 1 heterocycles. The molecule has 96 valence electrons. The van der Waals surface area contributed by atoms with Crippen LogP contribution in [0.25, 0.3) is 0 Å². The van der Waals surface area contributed by atoms with Crippen LogP contribution >= 0.6 is 22.9 Å². The van der Waals surface area contributed by atoms with Gasteiger partial charge in [-0.05, 0) is 43.2 Å². The lowest BCUT2D eigenvalue weighted by Crippen LogP contribution is -2.41. The van der Waals surface area contributed by atoms with E-state index in [2.05, 4.69) is 18.4 Å². The minimum Gasteiger partial charge on any atom is -0.271 e. The second-order valence-corrected chi connectivity index (χ2v) is 6.83. The Balaban J connectivity index is 1.93. The smallest absolute Gasteiger partial charge is 0.0931 e. The van der Waals surface area contributed by atoms with Gasteiger partial charge in [-0.3, -0.25) is 11.3 Å². The zero-order valence-corrected chi connectivity index (χ0v) is 11.9. The molecule has 1 saturated carbocycles. The molecule has 3 unspecified atom stereocenters. The van der Waals surface area contributed by atoms with Gasteiger partial charge in [-0.1, -0.05) is 31.4 Å². The number of hydrazine groups is 1. The third-order valence-corrected chi connectivity index (χ3v) is 5.25. The van der Waals surface area contributed by atoms with Crippen LogP contribution in [-0.4, -0.2) is 6.04 Å². The van der Waals surface area contributed by atoms with Gasteiger partial charge in [0.1, 0.15) is 0 Å². The summed E-state index contributed by atoms with van der Waals surface area (Å²) >= 11 is 7.63. The van der Waals surface area contributed by atoms with Crippen molar-refractivity contribution in [2.45, 2.75) is 45.1 Å². The maximum atomic E-state index is 5.96. The molecule has 0 aromatic carbocycles. The van der Waals surface area contributed by atoms with Crippen LogP contribution in [0, 0.1) is 11.8 Å². The predicted molar refractivity (Wildman–Crippen MR) is 75.3 cm³/mol. The van der Waals surface area contributed by atoms with E-state index in [9.17, 15) is 0 Å². The average Bonchev–Trinajstić information content (AvgIpc) is 2.94. The van der Waals surface area contributed by atoms with Crippen molar-refractivity contribution < 1.29 is 0 Å². The van der Waals surface area contributed by atoms with Crippen molar-refractivity contribution in [2.24, 2.45) is 17.7 Å². The molecular formula is C13H21ClN2S. The Hall–Kier alpha value is -0.0900. The largest absolute Gasteiger partial charge is 0.271 e. The van der Waals surface area contributed by atoms with Crippen LogP contribution in [0.5, 0.6) is 0 Å². The van der Waals surface area contributed by atoms with Crippen LogP contribution in [0.1, 0.15) is 37.5 Å². The number of rotatable bonds is 5. The zero-order valence-electron chi connectivity index (χ0n) is 10.3. The molecule has 17 heavy (non-hydrogen) atoms. The molecule has 0 spiro atoms. The molecule has 0 aliphatic heterocycles. The number of nitrogens with one attached hydrogen (secondary N) is 1. The van der Waals surface area contributed by atoms with E-state index in [1.165, 1.54) is 30.6 Å². The Morgan fingerprint density at radius 3 is 2.88 bits per heavy atom. The zero-order chi connectivity index (χ0) is 12.3. The molecule has 1 aromatic heterocycles. The van der Waals surface area contributed by atoms with Gasteiger partial charge < -0.3 is 0 Å². The lowest BCUT2D eigenvalue weighted by molar-refractivity contribution is 0.349. The minimum absolute atomic E-state index is 0.404. The Kier molecular flexibility index (Phi) is 4.86. The van der Waals surface area contributed by atoms with Gasteiger partial charge in [0.2, 0.25) is 0 Å². The highest BCUT2D eigenvalue weighted by atomic mass is 35.5. The summed E-state index contributed by atoms with van der Waals surface area (Å²) in [6, 6.07) is 4.49. The molecule has 1 aliphatic carbocycles. The fraction of sp³-hybridized carbons (Fsp3) is 0.692. The first kappa shape index (κ1) is 13.3. The van der Waals surface area contributed by atoms with E-state index in [1.807, 2.05) is 6.07 Å². The predicted octanol–water partition coefficient (Wildman–Crippen LogP) is 3.60. The van der Waals surface area contributed by atoms with Gasteiger partial charge in [0.05, 0.1) is 4.34 Å². The van der Waals surface area contributed by atoms with Crippen LogP contribution in [-0.2, 0) is 6.42 Å². The van der Waals surface area contributed by atoms with Crippen LogP contribution in [0.2, 0.25) is 4.34 Å². The Bertz CT molecular complexity index is 353. The van der Waals surface area contributed by atoms with Gasteiger partial charge in [-0.2, -0.15) is 0 Å². The van der Waals surface area contributed by atoms with Crippen molar-refractivity contribution >= 4 is 22.9 Å². The molecule has 4 heteroatoms. The molecule has 3 N–H and O–H groups in total. The lowest BCUT2D eigenvalue weighted by atomic mass is 9.93. The third kappa shape index (κ3) is 3.44. The topological polar surface area (TPSA) is 38.0 Å². The van der Waals surface area contributed by atoms with E-state index in [-0.39, 0.29) is 0 Å². The third-order valence-electron chi connectivity index (χ3n) is 3.99.